The van der Waals surface area contributed by atoms with Gasteiger partial charge in [0.05, 0.1) is 12.1 Å². The molecule has 2 saturated heterocycles. The van der Waals surface area contributed by atoms with Crippen LogP contribution in [-0.2, 0) is 35.1 Å². The molecule has 2 fully saturated rings. The van der Waals surface area contributed by atoms with Gasteiger partial charge in [-0.1, -0.05) is 25.8 Å². The molecule has 2 amide bonds. The molecule has 0 bridgehead atoms. The molecule has 2 aliphatic rings. The van der Waals surface area contributed by atoms with E-state index in [1.54, 1.807) is 5.38 Å². The van der Waals surface area contributed by atoms with Crippen LogP contribution in [0.2, 0.25) is 0 Å². The lowest BCUT2D eigenvalue weighted by atomic mass is 9.87. The standard InChI is InChI=1S/C21H28N4O6S2/c1-3-5-6-7-15(27)30-12-31-19(29)21(4-2)10-25-17(28)16(18(25)33-11-21)24-14(26)8-13-9-32-20(22)23-13/h4,9,16,18H,2-3,5-8,10-12H2,1H3,(H2,22,23)(H,24,26)/t16?,18-,21?/m1/s1. The van der Waals surface area contributed by atoms with Crippen molar-refractivity contribution >= 4 is 52.0 Å². The number of nitrogens with two attached hydrogens (primary N) is 1. The molecule has 3 rings (SSSR count). The van der Waals surface area contributed by atoms with Gasteiger partial charge in [0.15, 0.2) is 5.13 Å². The minimum absolute atomic E-state index is 0.0367. The summed E-state index contributed by atoms with van der Waals surface area (Å²) >= 11 is 2.61. The fourth-order valence-electron chi connectivity index (χ4n) is 3.60. The number of thioether (sulfide) groups is 1. The van der Waals surface area contributed by atoms with Crippen molar-refractivity contribution in [3.8, 4) is 0 Å². The van der Waals surface area contributed by atoms with Crippen molar-refractivity contribution in [1.29, 1.82) is 0 Å². The normalized spacial score (nSPS) is 23.8. The summed E-state index contributed by atoms with van der Waals surface area (Å²) in [5.41, 5.74) is 5.01. The van der Waals surface area contributed by atoms with Gasteiger partial charge in [0.25, 0.3) is 0 Å². The smallest absolute Gasteiger partial charge is 0.321 e. The van der Waals surface area contributed by atoms with E-state index in [0.29, 0.717) is 16.6 Å². The van der Waals surface area contributed by atoms with Crippen LogP contribution in [0.5, 0.6) is 0 Å². The number of hydrogen-bond acceptors (Lipinski definition) is 10. The van der Waals surface area contributed by atoms with Crippen molar-refractivity contribution in [2.75, 3.05) is 24.8 Å². The first-order valence-corrected chi connectivity index (χ1v) is 12.6. The van der Waals surface area contributed by atoms with Crippen LogP contribution in [0.1, 0.15) is 38.3 Å². The highest BCUT2D eigenvalue weighted by atomic mass is 32.2. The van der Waals surface area contributed by atoms with Crippen LogP contribution in [0.15, 0.2) is 18.0 Å². The number of hydrogen-bond donors (Lipinski definition) is 2. The minimum Gasteiger partial charge on any atom is -0.428 e. The number of aromatic nitrogens is 1. The third kappa shape index (κ3) is 5.85. The van der Waals surface area contributed by atoms with E-state index in [9.17, 15) is 19.2 Å². The Balaban J connectivity index is 1.48. The number of nitrogens with one attached hydrogen (secondary N) is 1. The Morgan fingerprint density at radius 1 is 1.39 bits per heavy atom. The van der Waals surface area contributed by atoms with Crippen LogP contribution in [0.3, 0.4) is 0 Å². The first kappa shape index (κ1) is 25.0. The Hall–Kier alpha value is -2.60. The monoisotopic (exact) mass is 496 g/mol. The van der Waals surface area contributed by atoms with Crippen molar-refractivity contribution in [1.82, 2.24) is 15.2 Å². The van der Waals surface area contributed by atoms with Crippen molar-refractivity contribution in [2.24, 2.45) is 5.41 Å². The minimum atomic E-state index is -1.11. The maximum Gasteiger partial charge on any atom is 0.321 e. The zero-order valence-electron chi connectivity index (χ0n) is 18.4. The van der Waals surface area contributed by atoms with Gasteiger partial charge >= 0.3 is 11.9 Å². The molecule has 33 heavy (non-hydrogen) atoms. The topological polar surface area (TPSA) is 141 Å². The second-order valence-electron chi connectivity index (χ2n) is 7.95. The van der Waals surface area contributed by atoms with Gasteiger partial charge in [0.2, 0.25) is 18.6 Å². The number of anilines is 1. The molecule has 2 unspecified atom stereocenters. The van der Waals surface area contributed by atoms with E-state index in [0.717, 1.165) is 19.3 Å². The summed E-state index contributed by atoms with van der Waals surface area (Å²) in [5, 5.41) is 4.54. The highest BCUT2D eigenvalue weighted by molar-refractivity contribution is 8.00. The quantitative estimate of drug-likeness (QED) is 0.153. The number of carbonyl (C=O) groups excluding carboxylic acids is 4. The number of nitrogens with zero attached hydrogens (tertiary/aromatic N) is 2. The van der Waals surface area contributed by atoms with E-state index in [2.05, 4.69) is 16.9 Å². The molecule has 3 atom stereocenters. The van der Waals surface area contributed by atoms with Gasteiger partial charge in [-0.15, -0.1) is 29.7 Å². The summed E-state index contributed by atoms with van der Waals surface area (Å²) < 4.78 is 10.1. The maximum absolute atomic E-state index is 12.7. The molecule has 0 aliphatic carbocycles. The summed E-state index contributed by atoms with van der Waals surface area (Å²) in [6.45, 7) is 5.40. The predicted molar refractivity (Wildman–Crippen MR) is 124 cm³/mol. The SMILES string of the molecule is C=CC1(C(=O)OCOC(=O)CCCCC)CS[C@@H]2C(NC(=O)Cc3csc(N)n3)C(=O)N2C1. The van der Waals surface area contributed by atoms with Gasteiger partial charge in [-0.25, -0.2) is 4.98 Å². The highest BCUT2D eigenvalue weighted by Crippen LogP contribution is 2.43. The molecule has 10 nitrogen and oxygen atoms in total. The highest BCUT2D eigenvalue weighted by Gasteiger charge is 2.56. The molecule has 0 spiro atoms. The van der Waals surface area contributed by atoms with Gasteiger partial charge in [-0.3, -0.25) is 19.2 Å². The largest absolute Gasteiger partial charge is 0.428 e. The molecule has 3 heterocycles. The van der Waals surface area contributed by atoms with Gasteiger partial charge in [-0.2, -0.15) is 0 Å². The fourth-order valence-corrected chi connectivity index (χ4v) is 5.69. The van der Waals surface area contributed by atoms with Crippen molar-refractivity contribution in [3.05, 3.63) is 23.7 Å². The molecule has 3 N–H and O–H groups in total. The van der Waals surface area contributed by atoms with E-state index >= 15 is 0 Å². The van der Waals surface area contributed by atoms with E-state index < -0.39 is 30.2 Å². The molecule has 0 aromatic carbocycles. The number of esters is 2. The lowest BCUT2D eigenvalue weighted by Gasteiger charge is -2.53. The second kappa shape index (κ2) is 11.0. The van der Waals surface area contributed by atoms with Crippen LogP contribution >= 0.6 is 23.1 Å². The molecule has 2 aliphatic heterocycles. The second-order valence-corrected chi connectivity index (χ2v) is 9.94. The number of β-lactam (4-membered cyclic amide) rings is 1. The van der Waals surface area contributed by atoms with Gasteiger partial charge in [-0.05, 0) is 6.42 Å². The number of rotatable bonds is 11. The number of nitrogen functional groups attached to an aromatic ring is 1. The lowest BCUT2D eigenvalue weighted by Crippen LogP contribution is -2.73. The van der Waals surface area contributed by atoms with Gasteiger partial charge in [0, 0.05) is 24.1 Å². The summed E-state index contributed by atoms with van der Waals surface area (Å²) in [4.78, 5) is 54.9. The molecule has 0 radical (unpaired) electrons. The van der Waals surface area contributed by atoms with E-state index in [1.165, 1.54) is 34.1 Å². The molecule has 0 saturated carbocycles. The molecule has 12 heteroatoms. The Kier molecular flexibility index (Phi) is 8.35. The lowest BCUT2D eigenvalue weighted by molar-refractivity contribution is -0.174. The van der Waals surface area contributed by atoms with Crippen LogP contribution in [-0.4, -0.2) is 64.1 Å². The number of fused-ring (bicyclic) bond motifs is 1. The third-order valence-corrected chi connectivity index (χ3v) is 7.80. The Labute approximate surface area is 200 Å². The van der Waals surface area contributed by atoms with Gasteiger partial charge < -0.3 is 25.4 Å². The Morgan fingerprint density at radius 3 is 2.85 bits per heavy atom. The summed E-state index contributed by atoms with van der Waals surface area (Å²) in [6, 6.07) is -0.665. The number of carbonyl (C=O) groups is 4. The average Bonchev–Trinajstić information content (AvgIpc) is 3.21. The molecular weight excluding hydrogens is 468 g/mol. The molecule has 180 valence electrons. The van der Waals surface area contributed by atoms with Crippen LogP contribution in [0, 0.1) is 5.41 Å². The Morgan fingerprint density at radius 2 is 2.18 bits per heavy atom. The van der Waals surface area contributed by atoms with Crippen LogP contribution in [0.25, 0.3) is 0 Å². The van der Waals surface area contributed by atoms with Crippen molar-refractivity contribution in [3.63, 3.8) is 0 Å². The number of unbranched alkanes of at least 4 members (excludes halogenated alkanes) is 2. The summed E-state index contributed by atoms with van der Waals surface area (Å²) in [7, 11) is 0. The third-order valence-electron chi connectivity index (χ3n) is 5.52. The zero-order valence-corrected chi connectivity index (χ0v) is 20.0. The Bertz CT molecular complexity index is 922. The summed E-state index contributed by atoms with van der Waals surface area (Å²) in [6.07, 6.45) is 4.43. The first-order valence-electron chi connectivity index (χ1n) is 10.7. The van der Waals surface area contributed by atoms with E-state index in [1.807, 2.05) is 6.92 Å². The van der Waals surface area contributed by atoms with E-state index in [4.69, 9.17) is 15.2 Å². The molecular formula is C21H28N4O6S2. The summed E-state index contributed by atoms with van der Waals surface area (Å²) in [5.74, 6) is -1.30. The first-order chi connectivity index (χ1) is 15.8. The van der Waals surface area contributed by atoms with Crippen molar-refractivity contribution in [2.45, 2.75) is 50.4 Å². The number of thiazole rings is 1. The average molecular weight is 497 g/mol. The van der Waals surface area contributed by atoms with Crippen molar-refractivity contribution < 1.29 is 28.7 Å². The van der Waals surface area contributed by atoms with Crippen LogP contribution < -0.4 is 11.1 Å². The van der Waals surface area contributed by atoms with Crippen LogP contribution in [0.4, 0.5) is 5.13 Å². The number of ether oxygens (including phenoxy) is 2. The predicted octanol–water partition coefficient (Wildman–Crippen LogP) is 1.46. The fraction of sp³-hybridized carbons (Fsp3) is 0.571. The number of amides is 2. The van der Waals surface area contributed by atoms with E-state index in [-0.39, 0.29) is 36.6 Å². The molecule has 1 aromatic rings. The van der Waals surface area contributed by atoms with Gasteiger partial charge in [0.1, 0.15) is 16.8 Å². The zero-order chi connectivity index (χ0) is 24.0. The maximum atomic E-state index is 12.7. The molecule has 1 aromatic heterocycles.